The van der Waals surface area contributed by atoms with Crippen molar-refractivity contribution in [2.75, 3.05) is 39.3 Å². The van der Waals surface area contributed by atoms with Crippen molar-refractivity contribution in [1.82, 2.24) is 0 Å². The third-order valence-corrected chi connectivity index (χ3v) is 0.500. The first-order valence-electron chi connectivity index (χ1n) is 3.95. The molecule has 0 rings (SSSR count). The van der Waals surface area contributed by atoms with E-state index in [1.54, 1.807) is 0 Å². The summed E-state index contributed by atoms with van der Waals surface area (Å²) in [6.07, 6.45) is 0. The van der Waals surface area contributed by atoms with Crippen LogP contribution in [-0.2, 0) is 27.3 Å². The van der Waals surface area contributed by atoms with Crippen LogP contribution in [0.4, 0.5) is 0 Å². The minimum absolute atomic E-state index is 0. The van der Waals surface area contributed by atoms with E-state index in [4.69, 9.17) is 34.4 Å². The fourth-order valence-corrected chi connectivity index (χ4v) is 0. The molecule has 0 radical (unpaired) electrons. The average molecular weight is 311 g/mol. The van der Waals surface area contributed by atoms with Gasteiger partial charge in [0.1, 0.15) is 0 Å². The zero-order chi connectivity index (χ0) is 10.2. The first-order chi connectivity index (χ1) is 5.74. The first kappa shape index (κ1) is 29.3. The summed E-state index contributed by atoms with van der Waals surface area (Å²) in [5, 5.41) is 0. The van der Waals surface area contributed by atoms with Crippen molar-refractivity contribution in [3.05, 3.63) is 0 Å². The SMILES string of the molecule is NCCN.NCCN.NCCN.O.[Cd]. The number of nitrogens with two attached hydrogens (primary N) is 6. The van der Waals surface area contributed by atoms with Gasteiger partial charge in [0.15, 0.2) is 0 Å². The Morgan fingerprint density at radius 1 is 0.429 bits per heavy atom. The Hall–Kier alpha value is 0.642. The van der Waals surface area contributed by atoms with Crippen molar-refractivity contribution in [1.29, 1.82) is 0 Å². The van der Waals surface area contributed by atoms with Crippen molar-refractivity contribution in [2.45, 2.75) is 0 Å². The van der Waals surface area contributed by atoms with Crippen LogP contribution in [0, 0.1) is 0 Å². The molecule has 0 aliphatic heterocycles. The van der Waals surface area contributed by atoms with Gasteiger partial charge in [-0.05, 0) is 0 Å². The van der Waals surface area contributed by atoms with E-state index >= 15 is 0 Å². The van der Waals surface area contributed by atoms with E-state index in [9.17, 15) is 0 Å². The van der Waals surface area contributed by atoms with Crippen LogP contribution in [0.25, 0.3) is 0 Å². The molecule has 0 spiro atoms. The Labute approximate surface area is 106 Å². The number of rotatable bonds is 3. The molecule has 88 valence electrons. The standard InChI is InChI=1S/3C2H8N2.Cd.H2O/c3*3-1-2-4;;/h3*1-4H2;;1H2. The monoisotopic (exact) mass is 312 g/mol. The van der Waals surface area contributed by atoms with Gasteiger partial charge in [0, 0.05) is 66.6 Å². The number of hydrogen-bond donors (Lipinski definition) is 6. The van der Waals surface area contributed by atoms with Crippen molar-refractivity contribution in [2.24, 2.45) is 34.4 Å². The molecule has 0 saturated heterocycles. The molecule has 0 atom stereocenters. The summed E-state index contributed by atoms with van der Waals surface area (Å²) in [4.78, 5) is 0. The zero-order valence-corrected chi connectivity index (χ0v) is 13.0. The summed E-state index contributed by atoms with van der Waals surface area (Å²) in [6.45, 7) is 3.58. The summed E-state index contributed by atoms with van der Waals surface area (Å²) in [5.41, 5.74) is 29.4. The van der Waals surface area contributed by atoms with Gasteiger partial charge in [0.25, 0.3) is 0 Å². The van der Waals surface area contributed by atoms with E-state index in [1.165, 1.54) is 0 Å². The van der Waals surface area contributed by atoms with E-state index in [2.05, 4.69) is 0 Å². The summed E-state index contributed by atoms with van der Waals surface area (Å²) in [6, 6.07) is 0. The molecule has 0 bridgehead atoms. The molecule has 0 heterocycles. The molecule has 7 nitrogen and oxygen atoms in total. The molecule has 0 aromatic heterocycles. The van der Waals surface area contributed by atoms with Crippen molar-refractivity contribution >= 4 is 0 Å². The van der Waals surface area contributed by atoms with Gasteiger partial charge in [0.2, 0.25) is 0 Å². The van der Waals surface area contributed by atoms with Crippen LogP contribution in [0.15, 0.2) is 0 Å². The van der Waals surface area contributed by atoms with Crippen molar-refractivity contribution in [3.8, 4) is 0 Å². The van der Waals surface area contributed by atoms with Gasteiger partial charge in [0.05, 0.1) is 0 Å². The fourth-order valence-electron chi connectivity index (χ4n) is 0. The van der Waals surface area contributed by atoms with Crippen LogP contribution < -0.4 is 34.4 Å². The Kier molecular flexibility index (Phi) is 103. The molecular formula is C6H26CdN6O. The molecular weight excluding hydrogens is 285 g/mol. The summed E-state index contributed by atoms with van der Waals surface area (Å²) >= 11 is 0. The van der Waals surface area contributed by atoms with Gasteiger partial charge in [-0.3, -0.25) is 0 Å². The quantitative estimate of drug-likeness (QED) is 0.287. The van der Waals surface area contributed by atoms with Crippen LogP contribution in [0.2, 0.25) is 0 Å². The van der Waals surface area contributed by atoms with Crippen molar-refractivity contribution < 1.29 is 32.8 Å². The normalized spacial score (nSPS) is 6.43. The van der Waals surface area contributed by atoms with Gasteiger partial charge in [-0.25, -0.2) is 0 Å². The maximum atomic E-state index is 4.90. The van der Waals surface area contributed by atoms with E-state index in [0.29, 0.717) is 39.3 Å². The maximum Gasteiger partial charge on any atom is 0.00461 e. The van der Waals surface area contributed by atoms with Gasteiger partial charge >= 0.3 is 0 Å². The molecule has 0 aliphatic carbocycles. The van der Waals surface area contributed by atoms with Crippen LogP contribution in [0.1, 0.15) is 0 Å². The van der Waals surface area contributed by atoms with E-state index in [0.717, 1.165) is 0 Å². The number of hydrogen-bond acceptors (Lipinski definition) is 6. The van der Waals surface area contributed by atoms with Gasteiger partial charge in [-0.15, -0.1) is 0 Å². The van der Waals surface area contributed by atoms with E-state index in [1.807, 2.05) is 0 Å². The molecule has 0 aromatic carbocycles. The summed E-state index contributed by atoms with van der Waals surface area (Å²) < 4.78 is 0. The Morgan fingerprint density at radius 2 is 0.500 bits per heavy atom. The topological polar surface area (TPSA) is 188 Å². The molecule has 0 aliphatic rings. The second-order valence-electron chi connectivity index (χ2n) is 1.73. The molecule has 14 N–H and O–H groups in total. The van der Waals surface area contributed by atoms with E-state index in [-0.39, 0.29) is 32.8 Å². The molecule has 14 heavy (non-hydrogen) atoms. The molecule has 0 saturated carbocycles. The first-order valence-corrected chi connectivity index (χ1v) is 3.95. The molecule has 0 aromatic rings. The Balaban J connectivity index is -0.0000000270. The fraction of sp³-hybridized carbons (Fsp3) is 1.00. The molecule has 0 fully saturated rings. The minimum atomic E-state index is 0. The Bertz CT molecular complexity index is 37.8. The zero-order valence-electron chi connectivity index (χ0n) is 8.91. The van der Waals surface area contributed by atoms with Gasteiger partial charge < -0.3 is 39.9 Å². The largest absolute Gasteiger partial charge is 0.412 e. The van der Waals surface area contributed by atoms with E-state index < -0.39 is 0 Å². The summed E-state index contributed by atoms with van der Waals surface area (Å²) in [7, 11) is 0. The van der Waals surface area contributed by atoms with Crippen molar-refractivity contribution in [3.63, 3.8) is 0 Å². The third-order valence-electron chi connectivity index (χ3n) is 0.500. The van der Waals surface area contributed by atoms with Crippen LogP contribution in [0.3, 0.4) is 0 Å². The second-order valence-corrected chi connectivity index (χ2v) is 1.73. The molecule has 8 heteroatoms. The molecule has 0 unspecified atom stereocenters. The van der Waals surface area contributed by atoms with Crippen LogP contribution >= 0.6 is 0 Å². The predicted octanol–water partition coefficient (Wildman–Crippen LogP) is -4.12. The Morgan fingerprint density at radius 3 is 0.500 bits per heavy atom. The van der Waals surface area contributed by atoms with Crippen LogP contribution in [0.5, 0.6) is 0 Å². The van der Waals surface area contributed by atoms with Crippen LogP contribution in [-0.4, -0.2) is 44.7 Å². The predicted molar refractivity (Wildman–Crippen MR) is 57.9 cm³/mol. The van der Waals surface area contributed by atoms with Gasteiger partial charge in [-0.1, -0.05) is 0 Å². The molecule has 0 amide bonds. The third kappa shape index (κ3) is 129. The summed E-state index contributed by atoms with van der Waals surface area (Å²) in [5.74, 6) is 0. The minimum Gasteiger partial charge on any atom is -0.412 e. The average Bonchev–Trinajstić information content (AvgIpc) is 2.18. The maximum absolute atomic E-state index is 4.90. The van der Waals surface area contributed by atoms with Gasteiger partial charge in [-0.2, -0.15) is 0 Å². The second kappa shape index (κ2) is 49.4. The smallest absolute Gasteiger partial charge is 0.00461 e.